The summed E-state index contributed by atoms with van der Waals surface area (Å²) in [6.45, 7) is -0.265. The molecule has 1 aromatic carbocycles. The van der Waals surface area contributed by atoms with E-state index in [1.807, 2.05) is 6.07 Å². The van der Waals surface area contributed by atoms with Crippen molar-refractivity contribution in [2.75, 3.05) is 13.7 Å². The van der Waals surface area contributed by atoms with Crippen LogP contribution in [0.1, 0.15) is 11.7 Å². The highest BCUT2D eigenvalue weighted by Gasteiger charge is 2.15. The molecule has 1 N–H and O–H groups in total. The molecule has 4 nitrogen and oxygen atoms in total. The fourth-order valence-electron chi connectivity index (χ4n) is 1.04. The van der Waals surface area contributed by atoms with Crippen molar-refractivity contribution < 1.29 is 19.4 Å². The van der Waals surface area contributed by atoms with Crippen molar-refractivity contribution in [3.05, 3.63) is 35.9 Å². The van der Waals surface area contributed by atoms with Crippen LogP contribution >= 0.6 is 0 Å². The normalized spacial score (nSPS) is 11.9. The van der Waals surface area contributed by atoms with Crippen molar-refractivity contribution >= 4 is 6.16 Å². The molecule has 0 bridgehead atoms. The molecule has 1 aromatic rings. The van der Waals surface area contributed by atoms with Crippen LogP contribution in [0.3, 0.4) is 0 Å². The standard InChI is InChI=1S/C10H12O4/c1-13-10(12)14-9(7-11)8-5-3-2-4-6-8/h2-6,9,11H,7H2,1H3. The van der Waals surface area contributed by atoms with E-state index in [1.54, 1.807) is 24.3 Å². The highest BCUT2D eigenvalue weighted by molar-refractivity contribution is 5.60. The van der Waals surface area contributed by atoms with E-state index in [2.05, 4.69) is 4.74 Å². The molecule has 0 saturated heterocycles. The summed E-state index contributed by atoms with van der Waals surface area (Å²) in [5.41, 5.74) is 0.736. The van der Waals surface area contributed by atoms with E-state index in [9.17, 15) is 4.79 Å². The van der Waals surface area contributed by atoms with Gasteiger partial charge >= 0.3 is 6.16 Å². The third-order valence-electron chi connectivity index (χ3n) is 1.74. The molecule has 0 radical (unpaired) electrons. The summed E-state index contributed by atoms with van der Waals surface area (Å²) in [7, 11) is 1.22. The predicted molar refractivity (Wildman–Crippen MR) is 49.8 cm³/mol. The Morgan fingerprint density at radius 1 is 1.43 bits per heavy atom. The van der Waals surface area contributed by atoms with Crippen molar-refractivity contribution in [1.29, 1.82) is 0 Å². The molecule has 1 rings (SSSR count). The van der Waals surface area contributed by atoms with Crippen molar-refractivity contribution in [2.24, 2.45) is 0 Å². The summed E-state index contributed by atoms with van der Waals surface area (Å²) in [5.74, 6) is 0. The molecule has 0 aliphatic rings. The van der Waals surface area contributed by atoms with Gasteiger partial charge in [-0.3, -0.25) is 0 Å². The first-order chi connectivity index (χ1) is 6.77. The van der Waals surface area contributed by atoms with Crippen molar-refractivity contribution in [2.45, 2.75) is 6.10 Å². The maximum absolute atomic E-state index is 10.8. The Balaban J connectivity index is 2.68. The molecule has 4 heteroatoms. The molecule has 0 heterocycles. The van der Waals surface area contributed by atoms with E-state index in [0.29, 0.717) is 0 Å². The number of rotatable bonds is 3. The van der Waals surface area contributed by atoms with Gasteiger partial charge in [0.15, 0.2) is 6.10 Å². The lowest BCUT2D eigenvalue weighted by Crippen LogP contribution is -2.14. The summed E-state index contributed by atoms with van der Waals surface area (Å²) < 4.78 is 9.16. The number of hydrogen-bond acceptors (Lipinski definition) is 4. The molecule has 0 saturated carbocycles. The third kappa shape index (κ3) is 2.74. The second kappa shape index (κ2) is 5.24. The quantitative estimate of drug-likeness (QED) is 0.744. The molecule has 0 amide bonds. The molecule has 1 unspecified atom stereocenters. The number of hydrogen-bond donors (Lipinski definition) is 1. The topological polar surface area (TPSA) is 55.8 Å². The number of carbonyl (C=O) groups is 1. The third-order valence-corrected chi connectivity index (χ3v) is 1.74. The number of aliphatic hydroxyl groups excluding tert-OH is 1. The number of methoxy groups -OCH3 is 1. The highest BCUT2D eigenvalue weighted by atomic mass is 16.7. The van der Waals surface area contributed by atoms with Gasteiger partial charge in [0.2, 0.25) is 0 Å². The van der Waals surface area contributed by atoms with Gasteiger partial charge in [0.05, 0.1) is 13.7 Å². The molecular weight excluding hydrogens is 184 g/mol. The minimum atomic E-state index is -0.798. The lowest BCUT2D eigenvalue weighted by molar-refractivity contribution is 0.0122. The SMILES string of the molecule is COC(=O)OC(CO)c1ccccc1. The minimum Gasteiger partial charge on any atom is -0.438 e. The number of ether oxygens (including phenoxy) is 2. The van der Waals surface area contributed by atoms with E-state index in [1.165, 1.54) is 7.11 Å². The Kier molecular flexibility index (Phi) is 3.94. The molecule has 0 fully saturated rings. The Morgan fingerprint density at radius 3 is 2.57 bits per heavy atom. The second-order valence-electron chi connectivity index (χ2n) is 2.65. The molecule has 76 valence electrons. The Labute approximate surface area is 82.1 Å². The summed E-state index contributed by atoms with van der Waals surface area (Å²) in [6, 6.07) is 8.99. The van der Waals surface area contributed by atoms with E-state index >= 15 is 0 Å². The van der Waals surface area contributed by atoms with Gasteiger partial charge in [-0.15, -0.1) is 0 Å². The van der Waals surface area contributed by atoms with E-state index in [-0.39, 0.29) is 6.61 Å². The summed E-state index contributed by atoms with van der Waals surface area (Å²) in [5, 5.41) is 8.99. The lowest BCUT2D eigenvalue weighted by Gasteiger charge is -2.14. The van der Waals surface area contributed by atoms with Gasteiger partial charge in [-0.1, -0.05) is 30.3 Å². The van der Waals surface area contributed by atoms with Crippen LogP contribution in [0.15, 0.2) is 30.3 Å². The smallest absolute Gasteiger partial charge is 0.438 e. The molecule has 14 heavy (non-hydrogen) atoms. The first kappa shape index (κ1) is 10.5. The van der Waals surface area contributed by atoms with Crippen LogP contribution in [0.25, 0.3) is 0 Å². The number of aliphatic hydroxyl groups is 1. The summed E-state index contributed by atoms with van der Waals surface area (Å²) in [6.07, 6.45) is -1.46. The first-order valence-corrected chi connectivity index (χ1v) is 4.18. The average molecular weight is 196 g/mol. The van der Waals surface area contributed by atoms with Gasteiger partial charge in [-0.2, -0.15) is 0 Å². The van der Waals surface area contributed by atoms with Crippen LogP contribution in [0.5, 0.6) is 0 Å². The number of carbonyl (C=O) groups excluding carboxylic acids is 1. The Bertz CT molecular complexity index is 283. The average Bonchev–Trinajstić information content (AvgIpc) is 2.26. The molecule has 1 atom stereocenters. The van der Waals surface area contributed by atoms with Crippen LogP contribution in [0.2, 0.25) is 0 Å². The largest absolute Gasteiger partial charge is 0.508 e. The van der Waals surface area contributed by atoms with Crippen LogP contribution < -0.4 is 0 Å². The van der Waals surface area contributed by atoms with Gasteiger partial charge in [0, 0.05) is 0 Å². The molecule has 0 aliphatic carbocycles. The highest BCUT2D eigenvalue weighted by Crippen LogP contribution is 2.16. The Hall–Kier alpha value is -1.55. The monoisotopic (exact) mass is 196 g/mol. The van der Waals surface area contributed by atoms with Crippen LogP contribution in [-0.2, 0) is 9.47 Å². The van der Waals surface area contributed by atoms with Crippen LogP contribution in [-0.4, -0.2) is 25.0 Å². The van der Waals surface area contributed by atoms with E-state index in [4.69, 9.17) is 9.84 Å². The lowest BCUT2D eigenvalue weighted by atomic mass is 10.1. The molecule has 0 aliphatic heterocycles. The van der Waals surface area contributed by atoms with Crippen molar-refractivity contribution in [3.8, 4) is 0 Å². The minimum absolute atomic E-state index is 0.265. The molecular formula is C10H12O4. The van der Waals surface area contributed by atoms with Crippen LogP contribution in [0.4, 0.5) is 4.79 Å². The van der Waals surface area contributed by atoms with Gasteiger partial charge in [-0.25, -0.2) is 4.79 Å². The predicted octanol–water partition coefficient (Wildman–Crippen LogP) is 1.50. The second-order valence-corrected chi connectivity index (χ2v) is 2.65. The van der Waals surface area contributed by atoms with Crippen molar-refractivity contribution in [1.82, 2.24) is 0 Å². The Morgan fingerprint density at radius 2 is 2.07 bits per heavy atom. The van der Waals surface area contributed by atoms with Gasteiger partial charge < -0.3 is 14.6 Å². The van der Waals surface area contributed by atoms with Gasteiger partial charge in [-0.05, 0) is 5.56 Å². The number of benzene rings is 1. The zero-order valence-electron chi connectivity index (χ0n) is 7.84. The van der Waals surface area contributed by atoms with E-state index in [0.717, 1.165) is 5.56 Å². The zero-order chi connectivity index (χ0) is 10.4. The van der Waals surface area contributed by atoms with Crippen LogP contribution in [0, 0.1) is 0 Å². The maximum Gasteiger partial charge on any atom is 0.508 e. The fraction of sp³-hybridized carbons (Fsp3) is 0.300. The van der Waals surface area contributed by atoms with Gasteiger partial charge in [0.25, 0.3) is 0 Å². The molecule has 0 aromatic heterocycles. The summed E-state index contributed by atoms with van der Waals surface area (Å²) in [4.78, 5) is 10.8. The van der Waals surface area contributed by atoms with Crippen molar-refractivity contribution in [3.63, 3.8) is 0 Å². The zero-order valence-corrected chi connectivity index (χ0v) is 7.84. The fourth-order valence-corrected chi connectivity index (χ4v) is 1.04. The van der Waals surface area contributed by atoms with E-state index < -0.39 is 12.3 Å². The summed E-state index contributed by atoms with van der Waals surface area (Å²) >= 11 is 0. The van der Waals surface area contributed by atoms with Gasteiger partial charge in [0.1, 0.15) is 0 Å². The first-order valence-electron chi connectivity index (χ1n) is 4.18. The molecule has 0 spiro atoms. The maximum atomic E-state index is 10.8.